The van der Waals surface area contributed by atoms with Crippen LogP contribution in [0.2, 0.25) is 0 Å². The average Bonchev–Trinajstić information content (AvgIpc) is 2.90. The number of rotatable bonds is 4. The molecule has 0 bridgehead atoms. The van der Waals surface area contributed by atoms with E-state index in [1.165, 1.54) is 5.56 Å². The van der Waals surface area contributed by atoms with Crippen LogP contribution in [0.15, 0.2) is 33.7 Å². The lowest BCUT2D eigenvalue weighted by atomic mass is 10.2. The largest absolute Gasteiger partial charge is 0.304 e. The first-order chi connectivity index (χ1) is 9.15. The maximum atomic E-state index is 11.9. The third-order valence-electron chi connectivity index (χ3n) is 2.60. The standard InChI is InChI=1S/C13H15BrN2OS2/c1-9(12(17)16-13-15-6-7-18-13)19-8-10-2-4-11(14)5-3-10/h2-5,9H,6-8H2,1H3,(H,15,16,17)/t9-/m1/s1. The molecule has 0 aliphatic carbocycles. The highest BCUT2D eigenvalue weighted by Gasteiger charge is 2.17. The van der Waals surface area contributed by atoms with Crippen molar-refractivity contribution >= 4 is 50.5 Å². The van der Waals surface area contributed by atoms with Crippen LogP contribution in [-0.2, 0) is 10.5 Å². The Hall–Kier alpha value is -0.460. The van der Waals surface area contributed by atoms with Gasteiger partial charge < -0.3 is 5.32 Å². The second-order valence-electron chi connectivity index (χ2n) is 4.10. The summed E-state index contributed by atoms with van der Waals surface area (Å²) in [5, 5.41) is 3.56. The van der Waals surface area contributed by atoms with Gasteiger partial charge in [-0.05, 0) is 24.6 Å². The average molecular weight is 359 g/mol. The van der Waals surface area contributed by atoms with Crippen LogP contribution < -0.4 is 5.32 Å². The molecule has 19 heavy (non-hydrogen) atoms. The summed E-state index contributed by atoms with van der Waals surface area (Å²) in [5.74, 6) is 1.84. The molecule has 1 atom stereocenters. The van der Waals surface area contributed by atoms with Gasteiger partial charge in [-0.25, -0.2) is 0 Å². The Morgan fingerprint density at radius 1 is 1.53 bits per heavy atom. The van der Waals surface area contributed by atoms with E-state index in [2.05, 4.69) is 38.4 Å². The van der Waals surface area contributed by atoms with Crippen LogP contribution in [-0.4, -0.2) is 28.6 Å². The molecule has 1 N–H and O–H groups in total. The van der Waals surface area contributed by atoms with E-state index in [-0.39, 0.29) is 11.2 Å². The highest BCUT2D eigenvalue weighted by molar-refractivity contribution is 9.10. The van der Waals surface area contributed by atoms with Crippen LogP contribution in [0.5, 0.6) is 0 Å². The topological polar surface area (TPSA) is 41.5 Å². The number of benzene rings is 1. The molecule has 0 spiro atoms. The van der Waals surface area contributed by atoms with E-state index in [1.807, 2.05) is 19.1 Å². The zero-order chi connectivity index (χ0) is 13.7. The molecule has 102 valence electrons. The summed E-state index contributed by atoms with van der Waals surface area (Å²) in [7, 11) is 0. The number of hydrogen-bond donors (Lipinski definition) is 1. The number of amidine groups is 1. The van der Waals surface area contributed by atoms with E-state index in [0.29, 0.717) is 0 Å². The Bertz CT molecular complexity index is 476. The zero-order valence-electron chi connectivity index (χ0n) is 10.6. The van der Waals surface area contributed by atoms with Crippen LogP contribution in [0.25, 0.3) is 0 Å². The van der Waals surface area contributed by atoms with E-state index in [9.17, 15) is 4.79 Å². The molecule has 0 fully saturated rings. The number of carbonyl (C=O) groups excluding carboxylic acids is 1. The molecule has 1 heterocycles. The normalized spacial score (nSPS) is 16.0. The fourth-order valence-electron chi connectivity index (χ4n) is 1.50. The monoisotopic (exact) mass is 358 g/mol. The predicted octanol–water partition coefficient (Wildman–Crippen LogP) is 3.29. The number of nitrogens with zero attached hydrogens (tertiary/aromatic N) is 1. The van der Waals surface area contributed by atoms with Gasteiger partial charge in [-0.1, -0.05) is 39.8 Å². The Morgan fingerprint density at radius 2 is 2.26 bits per heavy atom. The van der Waals surface area contributed by atoms with E-state index in [0.717, 1.165) is 27.7 Å². The van der Waals surface area contributed by atoms with E-state index in [4.69, 9.17) is 0 Å². The molecule has 0 saturated heterocycles. The van der Waals surface area contributed by atoms with Crippen LogP contribution in [0.1, 0.15) is 12.5 Å². The lowest BCUT2D eigenvalue weighted by Crippen LogP contribution is -2.33. The van der Waals surface area contributed by atoms with Crippen molar-refractivity contribution in [3.8, 4) is 0 Å². The molecule has 2 rings (SSSR count). The Labute approximate surface area is 130 Å². The minimum absolute atomic E-state index is 0.0373. The minimum atomic E-state index is -0.0763. The fraction of sp³-hybridized carbons (Fsp3) is 0.385. The number of aliphatic imine (C=N–C) groups is 1. The maximum Gasteiger partial charge on any atom is 0.238 e. The predicted molar refractivity (Wildman–Crippen MR) is 87.8 cm³/mol. The number of thioether (sulfide) groups is 2. The highest BCUT2D eigenvalue weighted by atomic mass is 79.9. The number of amides is 1. The number of hydrogen-bond acceptors (Lipinski definition) is 4. The molecule has 1 aromatic rings. The van der Waals surface area contributed by atoms with Crippen LogP contribution >= 0.6 is 39.5 Å². The van der Waals surface area contributed by atoms with Gasteiger partial charge in [0.15, 0.2) is 5.17 Å². The smallest absolute Gasteiger partial charge is 0.238 e. The fourth-order valence-corrected chi connectivity index (χ4v) is 3.34. The van der Waals surface area contributed by atoms with Crippen molar-refractivity contribution in [1.29, 1.82) is 0 Å². The summed E-state index contributed by atoms with van der Waals surface area (Å²) < 4.78 is 1.07. The molecule has 1 aliphatic rings. The Balaban J connectivity index is 1.78. The highest BCUT2D eigenvalue weighted by Crippen LogP contribution is 2.20. The van der Waals surface area contributed by atoms with Crippen molar-refractivity contribution in [1.82, 2.24) is 5.32 Å². The summed E-state index contributed by atoms with van der Waals surface area (Å²) in [6.45, 7) is 2.74. The van der Waals surface area contributed by atoms with Crippen molar-refractivity contribution in [2.24, 2.45) is 4.99 Å². The second-order valence-corrected chi connectivity index (χ2v) is 7.43. The quantitative estimate of drug-likeness (QED) is 0.897. The Morgan fingerprint density at radius 3 is 2.89 bits per heavy atom. The van der Waals surface area contributed by atoms with Gasteiger partial charge in [0.1, 0.15) is 0 Å². The summed E-state index contributed by atoms with van der Waals surface area (Å²) in [6, 6.07) is 8.17. The Kier molecular flexibility index (Phi) is 5.78. The third kappa shape index (κ3) is 4.85. The first kappa shape index (κ1) is 14.9. The summed E-state index contributed by atoms with van der Waals surface area (Å²) in [4.78, 5) is 16.2. The molecule has 0 unspecified atom stereocenters. The molecular formula is C13H15BrN2OS2. The van der Waals surface area contributed by atoms with Crippen molar-refractivity contribution in [2.75, 3.05) is 12.3 Å². The summed E-state index contributed by atoms with van der Waals surface area (Å²) in [5.41, 5.74) is 1.22. The van der Waals surface area contributed by atoms with Gasteiger partial charge in [-0.15, -0.1) is 11.8 Å². The molecule has 0 saturated carbocycles. The third-order valence-corrected chi connectivity index (χ3v) is 5.23. The van der Waals surface area contributed by atoms with Crippen LogP contribution in [0.4, 0.5) is 0 Å². The molecule has 0 aromatic heterocycles. The SMILES string of the molecule is C[C@@H](SCc1ccc(Br)cc1)C(=O)NC1=NCCS1. The maximum absolute atomic E-state index is 11.9. The minimum Gasteiger partial charge on any atom is -0.304 e. The van der Waals surface area contributed by atoms with Gasteiger partial charge >= 0.3 is 0 Å². The zero-order valence-corrected chi connectivity index (χ0v) is 13.8. The lowest BCUT2D eigenvalue weighted by molar-refractivity contribution is -0.118. The van der Waals surface area contributed by atoms with Gasteiger partial charge in [0.05, 0.1) is 11.8 Å². The van der Waals surface area contributed by atoms with E-state index < -0.39 is 0 Å². The lowest BCUT2D eigenvalue weighted by Gasteiger charge is -2.11. The van der Waals surface area contributed by atoms with Gasteiger partial charge in [-0.3, -0.25) is 9.79 Å². The van der Waals surface area contributed by atoms with Crippen molar-refractivity contribution < 1.29 is 4.79 Å². The van der Waals surface area contributed by atoms with Gasteiger partial charge in [0.2, 0.25) is 5.91 Å². The first-order valence-corrected chi connectivity index (χ1v) is 8.82. The molecule has 0 radical (unpaired) electrons. The van der Waals surface area contributed by atoms with Crippen molar-refractivity contribution in [3.05, 3.63) is 34.3 Å². The molecule has 6 heteroatoms. The van der Waals surface area contributed by atoms with Gasteiger partial charge in [0, 0.05) is 16.0 Å². The van der Waals surface area contributed by atoms with Gasteiger partial charge in [-0.2, -0.15) is 0 Å². The molecule has 1 aromatic carbocycles. The number of nitrogens with one attached hydrogen (secondary N) is 1. The molecule has 1 aliphatic heterocycles. The molecular weight excluding hydrogens is 344 g/mol. The molecule has 1 amide bonds. The number of halogens is 1. The van der Waals surface area contributed by atoms with Gasteiger partial charge in [0.25, 0.3) is 0 Å². The van der Waals surface area contributed by atoms with Crippen LogP contribution in [0, 0.1) is 0 Å². The van der Waals surface area contributed by atoms with Crippen molar-refractivity contribution in [2.45, 2.75) is 17.9 Å². The number of carbonyl (C=O) groups is 1. The second kappa shape index (κ2) is 7.36. The van der Waals surface area contributed by atoms with Crippen molar-refractivity contribution in [3.63, 3.8) is 0 Å². The van der Waals surface area contributed by atoms with E-state index in [1.54, 1.807) is 23.5 Å². The first-order valence-electron chi connectivity index (χ1n) is 5.99. The van der Waals surface area contributed by atoms with Crippen LogP contribution in [0.3, 0.4) is 0 Å². The van der Waals surface area contributed by atoms with E-state index >= 15 is 0 Å². The molecule has 3 nitrogen and oxygen atoms in total. The summed E-state index contributed by atoms with van der Waals surface area (Å²) in [6.07, 6.45) is 0. The summed E-state index contributed by atoms with van der Waals surface area (Å²) >= 11 is 6.65.